The second-order valence-corrected chi connectivity index (χ2v) is 2.08. The van der Waals surface area contributed by atoms with Crippen LogP contribution in [0.25, 0.3) is 0 Å². The summed E-state index contributed by atoms with van der Waals surface area (Å²) in [6, 6.07) is 0. The Morgan fingerprint density at radius 3 is 0.944 bits per heavy atom. The molecule has 0 bridgehead atoms. The van der Waals surface area contributed by atoms with E-state index in [0.29, 0.717) is 0 Å². The van der Waals surface area contributed by atoms with Crippen LogP contribution < -0.4 is 21.1 Å². The number of aliphatic carboxylic acids is 3. The number of hydrogen-bond acceptors (Lipinski definition) is 7. The van der Waals surface area contributed by atoms with E-state index in [-0.39, 0.29) is 17.4 Å². The van der Waals surface area contributed by atoms with Crippen LogP contribution in [0.3, 0.4) is 0 Å². The molecule has 0 aromatic heterocycles. The summed E-state index contributed by atoms with van der Waals surface area (Å²) < 4.78 is 0. The molecule has 0 aromatic rings. The van der Waals surface area contributed by atoms with E-state index >= 15 is 0 Å². The van der Waals surface area contributed by atoms with Gasteiger partial charge in [0, 0.05) is 17.9 Å². The van der Waals surface area contributed by atoms with Gasteiger partial charge >= 0.3 is 17.4 Å². The predicted octanol–water partition coefficient (Wildman–Crippen LogP) is -4.08. The number of nitrogens with two attached hydrogens (primary N) is 1. The van der Waals surface area contributed by atoms with Crippen molar-refractivity contribution in [3.8, 4) is 0 Å². The summed E-state index contributed by atoms with van der Waals surface area (Å²) in [6.07, 6.45) is 1.06. The summed E-state index contributed by atoms with van der Waals surface area (Å²) in [5.74, 6) is -3.73. The van der Waals surface area contributed by atoms with Crippen molar-refractivity contribution >= 4 is 23.8 Å². The van der Waals surface area contributed by atoms with E-state index in [1.165, 1.54) is 0 Å². The van der Waals surface area contributed by atoms with Crippen LogP contribution >= 0.6 is 0 Å². The van der Waals surface area contributed by atoms with Crippen LogP contribution in [0.1, 0.15) is 20.8 Å². The molecule has 1 amide bonds. The normalized spacial score (nSPS) is 5.94. The third-order valence-corrected chi connectivity index (χ3v) is 0.201. The number of carbonyl (C=O) groups excluding carboxylic acids is 4. The van der Waals surface area contributed by atoms with Gasteiger partial charge in [-0.25, -0.2) is 0 Å². The zero-order valence-electron chi connectivity index (χ0n) is 10.1. The van der Waals surface area contributed by atoms with Crippen molar-refractivity contribution in [2.24, 2.45) is 5.73 Å². The predicted molar refractivity (Wildman–Crippen MR) is 51.4 cm³/mol. The third kappa shape index (κ3) is 105000. The Hall–Kier alpha value is -1.85. The number of amides is 1. The van der Waals surface area contributed by atoms with Crippen molar-refractivity contribution in [1.82, 2.24) is 0 Å². The van der Waals surface area contributed by atoms with Gasteiger partial charge in [-0.15, -0.1) is 0 Å². The molecule has 0 aromatic carbocycles. The van der Waals surface area contributed by atoms with Crippen LogP contribution in [-0.2, 0) is 36.5 Å². The van der Waals surface area contributed by atoms with Crippen molar-refractivity contribution < 1.29 is 51.9 Å². The number of hydrogen-bond donors (Lipinski definition) is 1. The Labute approximate surface area is 115 Å². The van der Waals surface area contributed by atoms with Gasteiger partial charge in [0.15, 0.2) is 0 Å². The number of carboxylic acid groups (broad SMARTS) is 3. The molecule has 0 spiro atoms. The summed E-state index contributed by atoms with van der Waals surface area (Å²) in [7, 11) is 0. The molecule has 2 N–H and O–H groups in total. The van der Waals surface area contributed by atoms with E-state index in [2.05, 4.69) is 12.3 Å². The summed E-state index contributed by atoms with van der Waals surface area (Å²) in [5.41, 5.74) is 4.53. The molecular formula is C9H14CrNO7. The molecule has 1 radical (unpaired) electrons. The van der Waals surface area contributed by atoms with Gasteiger partial charge in [0.2, 0.25) is 5.91 Å². The molecule has 0 unspecified atom stereocenters. The Balaban J connectivity index is -0.0000000412. The molecule has 0 saturated carbocycles. The summed E-state index contributed by atoms with van der Waals surface area (Å²) in [4.78, 5) is 36.1. The first kappa shape index (κ1) is 29.8. The molecule has 0 atom stereocenters. The maximum Gasteiger partial charge on any atom is 3.00 e. The number of rotatable bonds is 1. The minimum Gasteiger partial charge on any atom is -0.550 e. The van der Waals surface area contributed by atoms with E-state index in [1.807, 2.05) is 0 Å². The Morgan fingerprint density at radius 1 is 0.889 bits per heavy atom. The first-order chi connectivity index (χ1) is 7.47. The van der Waals surface area contributed by atoms with Gasteiger partial charge in [-0.2, -0.15) is 0 Å². The second-order valence-electron chi connectivity index (χ2n) is 2.08. The van der Waals surface area contributed by atoms with Crippen molar-refractivity contribution in [3.63, 3.8) is 0 Å². The molecule has 0 rings (SSSR count). The monoisotopic (exact) mass is 300 g/mol. The summed E-state index contributed by atoms with van der Waals surface area (Å²) in [5, 5.41) is 26.7. The summed E-state index contributed by atoms with van der Waals surface area (Å²) >= 11 is 0. The van der Waals surface area contributed by atoms with E-state index in [4.69, 9.17) is 29.7 Å². The molecular weight excluding hydrogens is 286 g/mol. The number of primary amides is 1. The molecule has 0 aliphatic heterocycles. The molecule has 8 nitrogen and oxygen atoms in total. The molecule has 0 aliphatic rings. The Bertz CT molecular complexity index is 225. The maximum absolute atomic E-state index is 9.47. The quantitative estimate of drug-likeness (QED) is 0.481. The molecule has 0 aliphatic carbocycles. The minimum atomic E-state index is -1.08. The molecule has 103 valence electrons. The fraction of sp³-hybridized carbons (Fsp3) is 0.333. The molecule has 9 heteroatoms. The van der Waals surface area contributed by atoms with Crippen LogP contribution in [0.5, 0.6) is 0 Å². The van der Waals surface area contributed by atoms with Crippen molar-refractivity contribution in [3.05, 3.63) is 12.7 Å². The number of carboxylic acids is 3. The zero-order chi connectivity index (χ0) is 15.0. The van der Waals surface area contributed by atoms with Gasteiger partial charge in [-0.3, -0.25) is 4.79 Å². The van der Waals surface area contributed by atoms with Crippen LogP contribution in [0.4, 0.5) is 0 Å². The standard InChI is InChI=1S/C3H5NO.3C2H4O2.Cr/c1-2-3(4)5;3*1-2(3)4;/h2H,1H2,(H2,4,5);3*1H3,(H,3,4);/q;;;;+3/p-3. The van der Waals surface area contributed by atoms with E-state index in [0.717, 1.165) is 26.8 Å². The average molecular weight is 300 g/mol. The third-order valence-electron chi connectivity index (χ3n) is 0.201. The fourth-order valence-corrected chi connectivity index (χ4v) is 0. The Kier molecular flexibility index (Phi) is 40.4. The molecule has 0 saturated heterocycles. The molecule has 0 fully saturated rings. The van der Waals surface area contributed by atoms with Crippen LogP contribution in [0.15, 0.2) is 12.7 Å². The van der Waals surface area contributed by atoms with Crippen molar-refractivity contribution in [2.75, 3.05) is 0 Å². The van der Waals surface area contributed by atoms with E-state index in [1.54, 1.807) is 0 Å². The average Bonchev–Trinajstić information content (AvgIpc) is 2.00. The SMILES string of the molecule is C=CC(N)=O.CC(=O)[O-].CC(=O)[O-].CC(=O)[O-].[Cr+3]. The van der Waals surface area contributed by atoms with E-state index in [9.17, 15) is 4.79 Å². The van der Waals surface area contributed by atoms with Crippen LogP contribution in [-0.4, -0.2) is 23.8 Å². The van der Waals surface area contributed by atoms with Gasteiger partial charge in [0.25, 0.3) is 0 Å². The van der Waals surface area contributed by atoms with Gasteiger partial charge < -0.3 is 35.4 Å². The first-order valence-corrected chi connectivity index (χ1v) is 3.91. The zero-order valence-corrected chi connectivity index (χ0v) is 11.4. The van der Waals surface area contributed by atoms with Gasteiger partial charge in [0.1, 0.15) is 0 Å². The van der Waals surface area contributed by atoms with Crippen LogP contribution in [0.2, 0.25) is 0 Å². The van der Waals surface area contributed by atoms with Gasteiger partial charge in [-0.05, 0) is 26.8 Å². The van der Waals surface area contributed by atoms with Gasteiger partial charge in [0.05, 0.1) is 0 Å². The molecule has 18 heavy (non-hydrogen) atoms. The van der Waals surface area contributed by atoms with E-state index < -0.39 is 23.8 Å². The molecule has 0 heterocycles. The Morgan fingerprint density at radius 2 is 0.944 bits per heavy atom. The first-order valence-electron chi connectivity index (χ1n) is 3.91. The second kappa shape index (κ2) is 24.4. The maximum atomic E-state index is 9.47. The summed E-state index contributed by atoms with van der Waals surface area (Å²) in [6.45, 7) is 6.00. The largest absolute Gasteiger partial charge is 3.00 e. The van der Waals surface area contributed by atoms with Crippen molar-refractivity contribution in [1.29, 1.82) is 0 Å². The fourth-order valence-electron chi connectivity index (χ4n) is 0. The number of carbonyl (C=O) groups is 4. The van der Waals surface area contributed by atoms with Crippen LogP contribution in [0, 0.1) is 0 Å². The topological polar surface area (TPSA) is 163 Å². The minimum absolute atomic E-state index is 0. The smallest absolute Gasteiger partial charge is 0.550 e. The van der Waals surface area contributed by atoms with Crippen molar-refractivity contribution in [2.45, 2.75) is 20.8 Å². The van der Waals surface area contributed by atoms with Gasteiger partial charge in [-0.1, -0.05) is 6.58 Å².